The van der Waals surface area contributed by atoms with E-state index in [4.69, 9.17) is 0 Å². The third-order valence-electron chi connectivity index (χ3n) is 5.09. The molecular formula is C22H25FN2OS. The Morgan fingerprint density at radius 1 is 1.11 bits per heavy atom. The maximum Gasteiger partial charge on any atom is 0.246 e. The van der Waals surface area contributed by atoms with Gasteiger partial charge in [0.2, 0.25) is 5.91 Å². The molecule has 0 aliphatic carbocycles. The summed E-state index contributed by atoms with van der Waals surface area (Å²) in [5.41, 5.74) is 2.07. The Morgan fingerprint density at radius 3 is 2.33 bits per heavy atom. The molecule has 2 aromatic carbocycles. The SMILES string of the molecule is CSc1ccc(/C=C/C(=O)N(C)C2CCN(c3ccc(F)cc3)CC2)cc1. The number of piperidine rings is 1. The second kappa shape index (κ2) is 9.09. The van der Waals surface area contributed by atoms with Crippen molar-refractivity contribution in [1.82, 2.24) is 4.90 Å². The van der Waals surface area contributed by atoms with E-state index in [1.807, 2.05) is 48.5 Å². The number of carbonyl (C=O) groups excluding carboxylic acids is 1. The van der Waals surface area contributed by atoms with Gasteiger partial charge in [-0.3, -0.25) is 4.79 Å². The molecule has 3 nitrogen and oxygen atoms in total. The summed E-state index contributed by atoms with van der Waals surface area (Å²) in [5, 5.41) is 0. The first-order valence-electron chi connectivity index (χ1n) is 9.16. The number of amides is 1. The average molecular weight is 385 g/mol. The van der Waals surface area contributed by atoms with Crippen LogP contribution in [0, 0.1) is 5.82 Å². The number of nitrogens with zero attached hydrogens (tertiary/aromatic N) is 2. The van der Waals surface area contributed by atoms with Crippen molar-refractivity contribution in [1.29, 1.82) is 0 Å². The summed E-state index contributed by atoms with van der Waals surface area (Å²) in [6, 6.07) is 15.0. The van der Waals surface area contributed by atoms with Crippen LogP contribution in [0.25, 0.3) is 6.08 Å². The Kier molecular flexibility index (Phi) is 6.56. The van der Waals surface area contributed by atoms with Crippen molar-refractivity contribution in [3.63, 3.8) is 0 Å². The maximum atomic E-state index is 13.1. The number of thioether (sulfide) groups is 1. The lowest BCUT2D eigenvalue weighted by Gasteiger charge is -2.37. The summed E-state index contributed by atoms with van der Waals surface area (Å²) in [5.74, 6) is -0.182. The molecule has 1 fully saturated rings. The van der Waals surface area contributed by atoms with Gasteiger partial charge in [-0.15, -0.1) is 11.8 Å². The van der Waals surface area contributed by atoms with E-state index in [2.05, 4.69) is 17.0 Å². The first-order valence-corrected chi connectivity index (χ1v) is 10.4. The summed E-state index contributed by atoms with van der Waals surface area (Å²) < 4.78 is 13.1. The Bertz CT molecular complexity index is 781. The standard InChI is InChI=1S/C22H25FN2OS/c1-24(22(26)12-5-17-3-10-21(27-2)11-4-17)19-13-15-25(16-14-19)20-8-6-18(23)7-9-20/h3-12,19H,13-16H2,1-2H3/b12-5+. The lowest BCUT2D eigenvalue weighted by Crippen LogP contribution is -2.45. The van der Waals surface area contributed by atoms with Crippen molar-refractivity contribution >= 4 is 29.4 Å². The van der Waals surface area contributed by atoms with Crippen LogP contribution in [-0.4, -0.2) is 43.2 Å². The van der Waals surface area contributed by atoms with Gasteiger partial charge >= 0.3 is 0 Å². The van der Waals surface area contributed by atoms with Gasteiger partial charge in [-0.2, -0.15) is 0 Å². The fourth-order valence-electron chi connectivity index (χ4n) is 3.34. The summed E-state index contributed by atoms with van der Waals surface area (Å²) in [7, 11) is 1.88. The summed E-state index contributed by atoms with van der Waals surface area (Å²) in [4.78, 5) is 17.8. The van der Waals surface area contributed by atoms with E-state index in [-0.39, 0.29) is 17.8 Å². The summed E-state index contributed by atoms with van der Waals surface area (Å²) in [6.45, 7) is 1.74. The quantitative estimate of drug-likeness (QED) is 0.552. The van der Waals surface area contributed by atoms with Gasteiger partial charge in [0, 0.05) is 42.8 Å². The van der Waals surface area contributed by atoms with E-state index in [0.29, 0.717) is 0 Å². The zero-order valence-electron chi connectivity index (χ0n) is 15.8. The van der Waals surface area contributed by atoms with Crippen molar-refractivity contribution < 1.29 is 9.18 Å². The Labute approximate surface area is 164 Å². The van der Waals surface area contributed by atoms with Gasteiger partial charge in [0.15, 0.2) is 0 Å². The highest BCUT2D eigenvalue weighted by atomic mass is 32.2. The highest BCUT2D eigenvalue weighted by molar-refractivity contribution is 7.98. The fraction of sp³-hybridized carbons (Fsp3) is 0.318. The van der Waals surface area contributed by atoms with Crippen LogP contribution >= 0.6 is 11.8 Å². The first kappa shape index (κ1) is 19.5. The Morgan fingerprint density at radius 2 is 1.74 bits per heavy atom. The third-order valence-corrected chi connectivity index (χ3v) is 5.83. The molecule has 1 aliphatic heterocycles. The van der Waals surface area contributed by atoms with Crippen molar-refractivity contribution in [2.75, 3.05) is 31.3 Å². The normalized spacial score (nSPS) is 15.3. The van der Waals surface area contributed by atoms with E-state index >= 15 is 0 Å². The van der Waals surface area contributed by atoms with E-state index in [1.165, 1.54) is 17.0 Å². The molecule has 5 heteroatoms. The van der Waals surface area contributed by atoms with Gasteiger partial charge in [-0.1, -0.05) is 12.1 Å². The van der Waals surface area contributed by atoms with Gasteiger partial charge < -0.3 is 9.80 Å². The largest absolute Gasteiger partial charge is 0.371 e. The molecular weight excluding hydrogens is 359 g/mol. The fourth-order valence-corrected chi connectivity index (χ4v) is 3.75. The minimum absolute atomic E-state index is 0.0316. The molecule has 1 heterocycles. The number of hydrogen-bond acceptors (Lipinski definition) is 3. The number of rotatable bonds is 5. The molecule has 27 heavy (non-hydrogen) atoms. The van der Waals surface area contributed by atoms with Crippen LogP contribution in [0.3, 0.4) is 0 Å². The topological polar surface area (TPSA) is 23.6 Å². The number of carbonyl (C=O) groups is 1. The van der Waals surface area contributed by atoms with E-state index in [1.54, 1.807) is 17.8 Å². The minimum Gasteiger partial charge on any atom is -0.371 e. The van der Waals surface area contributed by atoms with Gasteiger partial charge in [-0.05, 0) is 67.1 Å². The van der Waals surface area contributed by atoms with Gasteiger partial charge in [-0.25, -0.2) is 4.39 Å². The zero-order valence-corrected chi connectivity index (χ0v) is 16.6. The Hall–Kier alpha value is -2.27. The molecule has 0 bridgehead atoms. The van der Waals surface area contributed by atoms with Crippen molar-refractivity contribution in [2.45, 2.75) is 23.8 Å². The first-order chi connectivity index (χ1) is 13.1. The van der Waals surface area contributed by atoms with E-state index in [0.717, 1.165) is 37.2 Å². The molecule has 2 aromatic rings. The molecule has 0 unspecified atom stereocenters. The predicted molar refractivity (Wildman–Crippen MR) is 112 cm³/mol. The molecule has 3 rings (SSSR count). The van der Waals surface area contributed by atoms with Crippen molar-refractivity contribution in [3.05, 3.63) is 66.0 Å². The van der Waals surface area contributed by atoms with Gasteiger partial charge in [0.1, 0.15) is 5.82 Å². The molecule has 0 atom stereocenters. The Balaban J connectivity index is 1.53. The predicted octanol–water partition coefficient (Wildman–Crippen LogP) is 4.69. The van der Waals surface area contributed by atoms with Crippen LogP contribution in [0.5, 0.6) is 0 Å². The van der Waals surface area contributed by atoms with Crippen LogP contribution in [0.4, 0.5) is 10.1 Å². The molecule has 142 valence electrons. The van der Waals surface area contributed by atoms with Crippen LogP contribution in [0.2, 0.25) is 0 Å². The molecule has 1 aliphatic rings. The molecule has 0 radical (unpaired) electrons. The third kappa shape index (κ3) is 5.13. The lowest BCUT2D eigenvalue weighted by molar-refractivity contribution is -0.127. The maximum absolute atomic E-state index is 13.1. The van der Waals surface area contributed by atoms with E-state index < -0.39 is 0 Å². The zero-order chi connectivity index (χ0) is 19.2. The van der Waals surface area contributed by atoms with Crippen LogP contribution in [0.1, 0.15) is 18.4 Å². The highest BCUT2D eigenvalue weighted by Crippen LogP contribution is 2.23. The average Bonchev–Trinajstić information content (AvgIpc) is 2.72. The highest BCUT2D eigenvalue weighted by Gasteiger charge is 2.24. The van der Waals surface area contributed by atoms with Crippen LogP contribution < -0.4 is 4.90 Å². The monoisotopic (exact) mass is 384 g/mol. The second-order valence-corrected chi connectivity index (χ2v) is 7.63. The van der Waals surface area contributed by atoms with Crippen LogP contribution in [0.15, 0.2) is 59.5 Å². The molecule has 1 saturated heterocycles. The molecule has 0 spiro atoms. The number of halogens is 1. The minimum atomic E-state index is -0.214. The molecule has 1 amide bonds. The number of likely N-dealkylation sites (N-methyl/N-ethyl adjacent to an activating group) is 1. The molecule has 0 aromatic heterocycles. The number of benzene rings is 2. The van der Waals surface area contributed by atoms with Crippen LogP contribution in [-0.2, 0) is 4.79 Å². The molecule has 0 N–H and O–H groups in total. The van der Waals surface area contributed by atoms with Crippen molar-refractivity contribution in [3.8, 4) is 0 Å². The van der Waals surface area contributed by atoms with E-state index in [9.17, 15) is 9.18 Å². The van der Waals surface area contributed by atoms with Crippen molar-refractivity contribution in [2.24, 2.45) is 0 Å². The van der Waals surface area contributed by atoms with Gasteiger partial charge in [0.05, 0.1) is 0 Å². The smallest absolute Gasteiger partial charge is 0.246 e. The lowest BCUT2D eigenvalue weighted by atomic mass is 10.0. The van der Waals surface area contributed by atoms with Gasteiger partial charge in [0.25, 0.3) is 0 Å². The molecule has 0 saturated carbocycles. The summed E-state index contributed by atoms with van der Waals surface area (Å²) >= 11 is 1.70. The second-order valence-electron chi connectivity index (χ2n) is 6.75. The summed E-state index contributed by atoms with van der Waals surface area (Å²) in [6.07, 6.45) is 7.40. The number of hydrogen-bond donors (Lipinski definition) is 0. The number of anilines is 1.